The molecule has 0 N–H and O–H groups in total. The third kappa shape index (κ3) is 1.40. The van der Waals surface area contributed by atoms with Crippen LogP contribution in [0.15, 0.2) is 30.3 Å². The van der Waals surface area contributed by atoms with Crippen molar-refractivity contribution in [2.75, 3.05) is 0 Å². The highest BCUT2D eigenvalue weighted by molar-refractivity contribution is 5.23. The summed E-state index contributed by atoms with van der Waals surface area (Å²) in [6.07, 6.45) is 1.02. The van der Waals surface area contributed by atoms with Crippen molar-refractivity contribution < 1.29 is 4.74 Å². The molecule has 12 heavy (non-hydrogen) atoms. The van der Waals surface area contributed by atoms with Crippen molar-refractivity contribution in [1.29, 1.82) is 5.26 Å². The number of benzene rings is 1. The van der Waals surface area contributed by atoms with Gasteiger partial charge in [0.15, 0.2) is 0 Å². The first-order valence-electron chi connectivity index (χ1n) is 4.01. The van der Waals surface area contributed by atoms with Crippen molar-refractivity contribution in [3.8, 4) is 11.8 Å². The van der Waals surface area contributed by atoms with E-state index >= 15 is 0 Å². The fourth-order valence-electron chi connectivity index (χ4n) is 1.11. The molecule has 0 amide bonds. The molecule has 0 aromatic heterocycles. The van der Waals surface area contributed by atoms with Crippen LogP contribution in [0.3, 0.4) is 0 Å². The number of para-hydroxylation sites is 1. The Labute approximate surface area is 71.4 Å². The molecule has 1 aromatic carbocycles. The van der Waals surface area contributed by atoms with E-state index in [1.807, 2.05) is 30.3 Å². The van der Waals surface area contributed by atoms with Gasteiger partial charge in [-0.25, -0.2) is 0 Å². The summed E-state index contributed by atoms with van der Waals surface area (Å²) in [5.41, 5.74) is 0. The molecule has 2 heteroatoms. The Morgan fingerprint density at radius 1 is 1.33 bits per heavy atom. The van der Waals surface area contributed by atoms with E-state index < -0.39 is 0 Å². The zero-order valence-electron chi connectivity index (χ0n) is 6.60. The summed E-state index contributed by atoms with van der Waals surface area (Å²) >= 11 is 0. The lowest BCUT2D eigenvalue weighted by molar-refractivity contribution is 0.294. The number of ether oxygens (including phenoxy) is 1. The number of hydrogen-bond acceptors (Lipinski definition) is 2. The number of nitrogens with zero attached hydrogens (tertiary/aromatic N) is 1. The van der Waals surface area contributed by atoms with Gasteiger partial charge in [-0.1, -0.05) is 18.2 Å². The Bertz CT molecular complexity index is 301. The molecule has 0 unspecified atom stereocenters. The van der Waals surface area contributed by atoms with Crippen molar-refractivity contribution >= 4 is 0 Å². The second-order valence-corrected chi connectivity index (χ2v) is 2.94. The van der Waals surface area contributed by atoms with E-state index in [1.54, 1.807) is 0 Å². The first-order chi connectivity index (χ1) is 5.90. The molecule has 1 aromatic rings. The molecule has 1 saturated carbocycles. The molecule has 2 nitrogen and oxygen atoms in total. The predicted molar refractivity (Wildman–Crippen MR) is 44.6 cm³/mol. The van der Waals surface area contributed by atoms with Crippen molar-refractivity contribution in [2.24, 2.45) is 5.92 Å². The number of hydrogen-bond donors (Lipinski definition) is 0. The Hall–Kier alpha value is -1.49. The predicted octanol–water partition coefficient (Wildman–Crippen LogP) is 1.98. The summed E-state index contributed by atoms with van der Waals surface area (Å²) in [5, 5.41) is 8.52. The quantitative estimate of drug-likeness (QED) is 0.661. The van der Waals surface area contributed by atoms with Gasteiger partial charge in [-0.15, -0.1) is 0 Å². The lowest BCUT2D eigenvalue weighted by Crippen LogP contribution is -1.98. The first-order valence-corrected chi connectivity index (χ1v) is 4.01. The third-order valence-corrected chi connectivity index (χ3v) is 1.93. The van der Waals surface area contributed by atoms with Gasteiger partial charge in [0.05, 0.1) is 12.0 Å². The SMILES string of the molecule is N#C[C@@H]1C[C@@H]1Oc1ccccc1. The van der Waals surface area contributed by atoms with E-state index in [0.29, 0.717) is 0 Å². The van der Waals surface area contributed by atoms with Gasteiger partial charge < -0.3 is 4.74 Å². The Balaban J connectivity index is 1.95. The van der Waals surface area contributed by atoms with Crippen LogP contribution >= 0.6 is 0 Å². The molecule has 1 aliphatic carbocycles. The average molecular weight is 159 g/mol. The van der Waals surface area contributed by atoms with Gasteiger partial charge in [-0.2, -0.15) is 5.26 Å². The number of rotatable bonds is 2. The number of nitriles is 1. The minimum absolute atomic E-state index is 0.116. The van der Waals surface area contributed by atoms with Gasteiger partial charge >= 0.3 is 0 Å². The van der Waals surface area contributed by atoms with Crippen LogP contribution in [0.2, 0.25) is 0 Å². The van der Waals surface area contributed by atoms with Crippen LogP contribution in [0, 0.1) is 17.2 Å². The normalized spacial score (nSPS) is 25.9. The Kier molecular flexibility index (Phi) is 1.71. The molecule has 0 aliphatic heterocycles. The van der Waals surface area contributed by atoms with Gasteiger partial charge in [0.1, 0.15) is 11.9 Å². The van der Waals surface area contributed by atoms with E-state index in [9.17, 15) is 0 Å². The van der Waals surface area contributed by atoms with Gasteiger partial charge in [0.2, 0.25) is 0 Å². The first kappa shape index (κ1) is 7.17. The molecule has 0 bridgehead atoms. The molecular formula is C10H9NO. The lowest BCUT2D eigenvalue weighted by Gasteiger charge is -2.01. The fourth-order valence-corrected chi connectivity index (χ4v) is 1.11. The topological polar surface area (TPSA) is 33.0 Å². The zero-order chi connectivity index (χ0) is 8.39. The molecule has 60 valence electrons. The molecule has 0 radical (unpaired) electrons. The van der Waals surface area contributed by atoms with Crippen LogP contribution in [-0.2, 0) is 0 Å². The van der Waals surface area contributed by atoms with Crippen LogP contribution in [0.4, 0.5) is 0 Å². The maximum Gasteiger partial charge on any atom is 0.119 e. The molecule has 1 aliphatic rings. The van der Waals surface area contributed by atoms with Crippen LogP contribution in [0.5, 0.6) is 5.75 Å². The van der Waals surface area contributed by atoms with Crippen molar-refractivity contribution in [2.45, 2.75) is 12.5 Å². The molecule has 0 saturated heterocycles. The highest BCUT2D eigenvalue weighted by Gasteiger charge is 2.39. The second-order valence-electron chi connectivity index (χ2n) is 2.94. The Morgan fingerprint density at radius 3 is 2.67 bits per heavy atom. The van der Waals surface area contributed by atoms with Crippen LogP contribution in [0.1, 0.15) is 6.42 Å². The second kappa shape index (κ2) is 2.86. The van der Waals surface area contributed by atoms with E-state index in [0.717, 1.165) is 12.2 Å². The molecule has 2 atom stereocenters. The molecular weight excluding hydrogens is 150 g/mol. The molecule has 0 heterocycles. The Morgan fingerprint density at radius 2 is 2.08 bits per heavy atom. The van der Waals surface area contributed by atoms with Gasteiger partial charge in [-0.05, 0) is 12.1 Å². The average Bonchev–Trinajstić information content (AvgIpc) is 2.85. The molecule has 2 rings (SSSR count). The molecule has 1 fully saturated rings. The van der Waals surface area contributed by atoms with E-state index in [1.165, 1.54) is 0 Å². The van der Waals surface area contributed by atoms with E-state index in [2.05, 4.69) is 6.07 Å². The highest BCUT2D eigenvalue weighted by Crippen LogP contribution is 2.33. The maximum absolute atomic E-state index is 8.52. The summed E-state index contributed by atoms with van der Waals surface area (Å²) < 4.78 is 5.51. The van der Waals surface area contributed by atoms with Crippen LogP contribution in [0.25, 0.3) is 0 Å². The zero-order valence-corrected chi connectivity index (χ0v) is 6.60. The largest absolute Gasteiger partial charge is 0.489 e. The maximum atomic E-state index is 8.52. The fraction of sp³-hybridized carbons (Fsp3) is 0.300. The lowest BCUT2D eigenvalue weighted by atomic mass is 10.3. The molecule has 0 spiro atoms. The third-order valence-electron chi connectivity index (χ3n) is 1.93. The monoisotopic (exact) mass is 159 g/mol. The summed E-state index contributed by atoms with van der Waals surface area (Å²) in [6, 6.07) is 11.8. The minimum Gasteiger partial charge on any atom is -0.489 e. The summed E-state index contributed by atoms with van der Waals surface area (Å²) in [6.45, 7) is 0. The highest BCUT2D eigenvalue weighted by atomic mass is 16.5. The smallest absolute Gasteiger partial charge is 0.119 e. The van der Waals surface area contributed by atoms with E-state index in [4.69, 9.17) is 10.00 Å². The van der Waals surface area contributed by atoms with E-state index in [-0.39, 0.29) is 12.0 Å². The van der Waals surface area contributed by atoms with Gasteiger partial charge in [0.25, 0.3) is 0 Å². The van der Waals surface area contributed by atoms with Gasteiger partial charge in [-0.3, -0.25) is 0 Å². The van der Waals surface area contributed by atoms with Crippen molar-refractivity contribution in [3.63, 3.8) is 0 Å². The van der Waals surface area contributed by atoms with Crippen molar-refractivity contribution in [1.82, 2.24) is 0 Å². The minimum atomic E-state index is 0.116. The van der Waals surface area contributed by atoms with Crippen molar-refractivity contribution in [3.05, 3.63) is 30.3 Å². The van der Waals surface area contributed by atoms with Crippen LogP contribution in [-0.4, -0.2) is 6.10 Å². The summed E-state index contributed by atoms with van der Waals surface area (Å²) in [4.78, 5) is 0. The standard InChI is InChI=1S/C10H9NO/c11-7-8-6-10(8)12-9-4-2-1-3-5-9/h1-5,8,10H,6H2/t8-,10-/m0/s1. The van der Waals surface area contributed by atoms with Gasteiger partial charge in [0, 0.05) is 6.42 Å². The summed E-state index contributed by atoms with van der Waals surface area (Å²) in [5.74, 6) is 0.977. The summed E-state index contributed by atoms with van der Waals surface area (Å²) in [7, 11) is 0. The van der Waals surface area contributed by atoms with Crippen LogP contribution < -0.4 is 4.74 Å².